The second kappa shape index (κ2) is 39.5. The molecule has 1 rings (SSSR count). The van der Waals surface area contributed by atoms with Crippen LogP contribution in [0.15, 0.2) is 18.2 Å². The predicted octanol–water partition coefficient (Wildman–Crippen LogP) is 16.6. The molecule has 0 aliphatic rings. The molecule has 0 aliphatic carbocycles. The Morgan fingerprint density at radius 1 is 0.327 bits per heavy atom. The van der Waals surface area contributed by atoms with Crippen molar-refractivity contribution in [2.45, 2.75) is 252 Å². The summed E-state index contributed by atoms with van der Waals surface area (Å²) in [5, 5.41) is 0. The first kappa shape index (κ1) is 48.8. The lowest BCUT2D eigenvalue weighted by molar-refractivity contribution is 0.288. The molecule has 306 valence electrons. The maximum absolute atomic E-state index is 6.24. The molecule has 0 atom stereocenters. The Bertz CT molecular complexity index is 778. The van der Waals surface area contributed by atoms with Gasteiger partial charge in [-0.15, -0.1) is 0 Å². The number of unbranched alkanes of at least 4 members (excludes halogenated alkanes) is 34. The van der Waals surface area contributed by atoms with Crippen LogP contribution in [0.25, 0.3) is 0 Å². The zero-order valence-electron chi connectivity index (χ0n) is 36.1. The molecule has 0 aliphatic heterocycles. The molecule has 52 heavy (non-hydrogen) atoms. The third-order valence-corrected chi connectivity index (χ3v) is 11.0. The monoisotopic (exact) mass is 728 g/mol. The van der Waals surface area contributed by atoms with Crippen LogP contribution in [0.1, 0.15) is 251 Å². The summed E-state index contributed by atoms with van der Waals surface area (Å²) in [6.45, 7) is 7.13. The molecule has 0 N–H and O–H groups in total. The van der Waals surface area contributed by atoms with Gasteiger partial charge in [0.25, 0.3) is 0 Å². The van der Waals surface area contributed by atoms with Crippen LogP contribution in [0, 0.1) is 0 Å². The van der Waals surface area contributed by atoms with Gasteiger partial charge in [0.1, 0.15) is 11.5 Å². The topological polar surface area (TPSA) is 21.7 Å². The summed E-state index contributed by atoms with van der Waals surface area (Å²) in [5.41, 5.74) is 1.27. The lowest BCUT2D eigenvalue weighted by Gasteiger charge is -2.15. The fourth-order valence-electron chi connectivity index (χ4n) is 7.64. The van der Waals surface area contributed by atoms with Gasteiger partial charge in [0.2, 0.25) is 0 Å². The van der Waals surface area contributed by atoms with Crippen LogP contribution >= 0.6 is 0 Å². The number of ether oxygens (including phenoxy) is 2. The average Bonchev–Trinajstić information content (AvgIpc) is 3.13. The minimum absolute atomic E-state index is 0.808. The van der Waals surface area contributed by atoms with Crippen molar-refractivity contribution >= 4 is 0 Å². The SMILES string of the molecule is CCCCCCCCCCCCCCCCCCCCOc1cc(CN(C)C)cc(OCCCCCCCCCCCCCCCCCCCC)c1. The van der Waals surface area contributed by atoms with E-state index in [0.717, 1.165) is 44.1 Å². The molecule has 3 heteroatoms. The largest absolute Gasteiger partial charge is 0.493 e. The Hall–Kier alpha value is -1.22. The Kier molecular flexibility index (Phi) is 37.0. The number of hydrogen-bond acceptors (Lipinski definition) is 3. The van der Waals surface area contributed by atoms with Crippen LogP contribution in [0.3, 0.4) is 0 Å². The van der Waals surface area contributed by atoms with Gasteiger partial charge < -0.3 is 14.4 Å². The van der Waals surface area contributed by atoms with Crippen LogP contribution in [-0.2, 0) is 6.54 Å². The molecule has 0 spiro atoms. The molecule has 1 aromatic carbocycles. The summed E-state index contributed by atoms with van der Waals surface area (Å²) in [7, 11) is 4.26. The van der Waals surface area contributed by atoms with Crippen molar-refractivity contribution in [1.82, 2.24) is 4.90 Å². The molecule has 0 radical (unpaired) electrons. The molecule has 0 aromatic heterocycles. The van der Waals surface area contributed by atoms with Gasteiger partial charge in [-0.05, 0) is 44.6 Å². The first-order valence-corrected chi connectivity index (χ1v) is 23.7. The fourth-order valence-corrected chi connectivity index (χ4v) is 7.64. The second-order valence-corrected chi connectivity index (χ2v) is 16.8. The highest BCUT2D eigenvalue weighted by Crippen LogP contribution is 2.25. The molecule has 0 bridgehead atoms. The maximum Gasteiger partial charge on any atom is 0.123 e. The third kappa shape index (κ3) is 34.5. The van der Waals surface area contributed by atoms with Gasteiger partial charge in [-0.1, -0.05) is 232 Å². The van der Waals surface area contributed by atoms with Gasteiger partial charge in [-0.3, -0.25) is 0 Å². The zero-order chi connectivity index (χ0) is 37.4. The molecule has 0 unspecified atom stereocenters. The summed E-state index contributed by atoms with van der Waals surface area (Å²) in [5.74, 6) is 1.94. The summed E-state index contributed by atoms with van der Waals surface area (Å²) < 4.78 is 12.5. The first-order chi connectivity index (χ1) is 25.7. The molecule has 0 saturated heterocycles. The van der Waals surface area contributed by atoms with E-state index in [1.54, 1.807) is 0 Å². The highest BCUT2D eigenvalue weighted by Gasteiger charge is 2.06. The standard InChI is InChI=1S/C49H93NO2/c1-5-7-9-11-13-15-17-19-21-23-25-27-29-31-33-35-37-39-41-51-48-43-47(46-50(3)4)44-49(45-48)52-42-40-38-36-34-32-30-28-26-24-22-20-18-16-14-12-10-8-6-2/h43-45H,5-42,46H2,1-4H3. The molecule has 0 fully saturated rings. The summed E-state index contributed by atoms with van der Waals surface area (Å²) in [6, 6.07) is 6.53. The zero-order valence-corrected chi connectivity index (χ0v) is 36.1. The van der Waals surface area contributed by atoms with Crippen molar-refractivity contribution in [3.63, 3.8) is 0 Å². The van der Waals surface area contributed by atoms with E-state index in [9.17, 15) is 0 Å². The summed E-state index contributed by atoms with van der Waals surface area (Å²) in [4.78, 5) is 2.22. The van der Waals surface area contributed by atoms with Crippen LogP contribution in [0.4, 0.5) is 0 Å². The highest BCUT2D eigenvalue weighted by molar-refractivity contribution is 5.38. The van der Waals surface area contributed by atoms with Crippen molar-refractivity contribution in [3.8, 4) is 11.5 Å². The summed E-state index contributed by atoms with van der Waals surface area (Å²) >= 11 is 0. The first-order valence-electron chi connectivity index (χ1n) is 23.7. The van der Waals surface area contributed by atoms with E-state index in [1.165, 1.54) is 224 Å². The highest BCUT2D eigenvalue weighted by atomic mass is 16.5. The van der Waals surface area contributed by atoms with Gasteiger partial charge in [0.05, 0.1) is 13.2 Å². The lowest BCUT2D eigenvalue weighted by Crippen LogP contribution is -2.11. The Balaban J connectivity index is 2.01. The van der Waals surface area contributed by atoms with Gasteiger partial charge >= 0.3 is 0 Å². The van der Waals surface area contributed by atoms with Gasteiger partial charge in [0.15, 0.2) is 0 Å². The average molecular weight is 728 g/mol. The van der Waals surface area contributed by atoms with Crippen molar-refractivity contribution in [1.29, 1.82) is 0 Å². The van der Waals surface area contributed by atoms with Crippen molar-refractivity contribution < 1.29 is 9.47 Å². The van der Waals surface area contributed by atoms with E-state index in [-0.39, 0.29) is 0 Å². The number of nitrogens with zero attached hydrogens (tertiary/aromatic N) is 1. The molecule has 3 nitrogen and oxygen atoms in total. The summed E-state index contributed by atoms with van der Waals surface area (Å²) in [6.07, 6.45) is 50.7. The second-order valence-electron chi connectivity index (χ2n) is 16.8. The maximum atomic E-state index is 6.24. The third-order valence-electron chi connectivity index (χ3n) is 11.0. The van der Waals surface area contributed by atoms with E-state index >= 15 is 0 Å². The Labute approximate surface area is 327 Å². The van der Waals surface area contributed by atoms with Crippen molar-refractivity contribution in [3.05, 3.63) is 23.8 Å². The minimum atomic E-state index is 0.808. The van der Waals surface area contributed by atoms with E-state index < -0.39 is 0 Å². The number of benzene rings is 1. The van der Waals surface area contributed by atoms with Crippen LogP contribution < -0.4 is 9.47 Å². The van der Waals surface area contributed by atoms with Gasteiger partial charge in [0, 0.05) is 12.6 Å². The number of hydrogen-bond donors (Lipinski definition) is 0. The van der Waals surface area contributed by atoms with E-state index in [4.69, 9.17) is 9.47 Å². The van der Waals surface area contributed by atoms with Crippen LogP contribution in [0.2, 0.25) is 0 Å². The normalized spacial score (nSPS) is 11.6. The molecule has 0 amide bonds. The van der Waals surface area contributed by atoms with Crippen molar-refractivity contribution in [2.24, 2.45) is 0 Å². The van der Waals surface area contributed by atoms with Crippen molar-refractivity contribution in [2.75, 3.05) is 27.3 Å². The van der Waals surface area contributed by atoms with Crippen LogP contribution in [0.5, 0.6) is 11.5 Å². The minimum Gasteiger partial charge on any atom is -0.493 e. The van der Waals surface area contributed by atoms with Crippen LogP contribution in [-0.4, -0.2) is 32.2 Å². The predicted molar refractivity (Wildman–Crippen MR) is 232 cm³/mol. The van der Waals surface area contributed by atoms with E-state index in [2.05, 4.69) is 51.0 Å². The smallest absolute Gasteiger partial charge is 0.123 e. The van der Waals surface area contributed by atoms with Gasteiger partial charge in [-0.2, -0.15) is 0 Å². The Morgan fingerprint density at radius 3 is 0.788 bits per heavy atom. The number of rotatable bonds is 42. The molecular weight excluding hydrogens is 635 g/mol. The molecule has 0 heterocycles. The van der Waals surface area contributed by atoms with Gasteiger partial charge in [-0.25, -0.2) is 0 Å². The van der Waals surface area contributed by atoms with E-state index in [0.29, 0.717) is 0 Å². The molecule has 0 saturated carbocycles. The molecule has 1 aromatic rings. The quantitative estimate of drug-likeness (QED) is 0.0626. The molecular formula is C49H93NO2. The van der Waals surface area contributed by atoms with E-state index in [1.807, 2.05) is 0 Å². The lowest BCUT2D eigenvalue weighted by atomic mass is 10.0. The fraction of sp³-hybridized carbons (Fsp3) is 0.878. The Morgan fingerprint density at radius 2 is 0.558 bits per heavy atom.